The molecule has 0 saturated heterocycles. The average Bonchev–Trinajstić information content (AvgIpc) is 2.35. The second-order valence-corrected chi connectivity index (χ2v) is 4.55. The Morgan fingerprint density at radius 2 is 1.83 bits per heavy atom. The molecular formula is C14H15ClN2O. The van der Waals surface area contributed by atoms with Crippen molar-refractivity contribution in [3.8, 4) is 11.5 Å². The van der Waals surface area contributed by atoms with E-state index in [1.165, 1.54) is 0 Å². The molecular weight excluding hydrogens is 248 g/mol. The fourth-order valence-corrected chi connectivity index (χ4v) is 1.72. The maximum atomic E-state index is 5.95. The number of hydrogen-bond donors (Lipinski definition) is 1. The monoisotopic (exact) mass is 262 g/mol. The van der Waals surface area contributed by atoms with Gasteiger partial charge in [-0.2, -0.15) is 0 Å². The lowest BCUT2D eigenvalue weighted by molar-refractivity contribution is 0.485. The van der Waals surface area contributed by atoms with Gasteiger partial charge < -0.3 is 15.4 Å². The molecule has 0 aliphatic heterocycles. The number of anilines is 2. The summed E-state index contributed by atoms with van der Waals surface area (Å²) in [5.41, 5.74) is 7.38. The summed E-state index contributed by atoms with van der Waals surface area (Å²) in [5, 5.41) is 0.497. The molecule has 0 bridgehead atoms. The zero-order valence-electron chi connectivity index (χ0n) is 10.4. The lowest BCUT2D eigenvalue weighted by atomic mass is 10.2. The summed E-state index contributed by atoms with van der Waals surface area (Å²) in [4.78, 5) is 2.01. The van der Waals surface area contributed by atoms with Gasteiger partial charge in [-0.25, -0.2) is 0 Å². The van der Waals surface area contributed by atoms with Crippen molar-refractivity contribution < 1.29 is 4.74 Å². The van der Waals surface area contributed by atoms with Crippen LogP contribution in [0.4, 0.5) is 11.4 Å². The summed E-state index contributed by atoms with van der Waals surface area (Å²) in [6.07, 6.45) is 0. The van der Waals surface area contributed by atoms with E-state index in [1.54, 1.807) is 12.1 Å². The van der Waals surface area contributed by atoms with E-state index in [9.17, 15) is 0 Å². The highest BCUT2D eigenvalue weighted by Gasteiger charge is 2.06. The van der Waals surface area contributed by atoms with E-state index in [-0.39, 0.29) is 0 Å². The molecule has 0 atom stereocenters. The molecule has 3 nitrogen and oxygen atoms in total. The van der Waals surface area contributed by atoms with Crippen molar-refractivity contribution in [3.05, 3.63) is 47.5 Å². The molecule has 0 spiro atoms. The van der Waals surface area contributed by atoms with Crippen LogP contribution >= 0.6 is 11.6 Å². The molecule has 2 rings (SSSR count). The summed E-state index contributed by atoms with van der Waals surface area (Å²) in [6, 6.07) is 13.1. The summed E-state index contributed by atoms with van der Waals surface area (Å²) in [5.74, 6) is 1.30. The molecule has 0 fully saturated rings. The third-order valence-electron chi connectivity index (χ3n) is 2.57. The van der Waals surface area contributed by atoms with Gasteiger partial charge in [-0.3, -0.25) is 0 Å². The minimum absolute atomic E-state index is 0.453. The van der Waals surface area contributed by atoms with Crippen molar-refractivity contribution >= 4 is 23.0 Å². The number of nitrogens with zero attached hydrogens (tertiary/aromatic N) is 1. The van der Waals surface area contributed by atoms with Gasteiger partial charge in [0.25, 0.3) is 0 Å². The molecule has 0 heterocycles. The molecule has 2 aromatic carbocycles. The fraction of sp³-hybridized carbons (Fsp3) is 0.143. The van der Waals surface area contributed by atoms with Crippen LogP contribution in [0.3, 0.4) is 0 Å². The van der Waals surface area contributed by atoms with Gasteiger partial charge in [-0.1, -0.05) is 23.7 Å². The van der Waals surface area contributed by atoms with E-state index in [2.05, 4.69) is 0 Å². The van der Waals surface area contributed by atoms with Crippen LogP contribution in [0.1, 0.15) is 0 Å². The molecule has 94 valence electrons. The lowest BCUT2D eigenvalue weighted by Gasteiger charge is -2.14. The number of rotatable bonds is 3. The first-order valence-corrected chi connectivity index (χ1v) is 5.95. The minimum atomic E-state index is 0.453. The average molecular weight is 263 g/mol. The largest absolute Gasteiger partial charge is 0.455 e. The highest BCUT2D eigenvalue weighted by Crippen LogP contribution is 2.33. The van der Waals surface area contributed by atoms with Crippen molar-refractivity contribution in [2.45, 2.75) is 0 Å². The molecule has 0 amide bonds. The lowest BCUT2D eigenvalue weighted by Crippen LogP contribution is -2.08. The summed E-state index contributed by atoms with van der Waals surface area (Å²) in [6.45, 7) is 0. The highest BCUT2D eigenvalue weighted by molar-refractivity contribution is 6.33. The maximum Gasteiger partial charge on any atom is 0.151 e. The number of nitrogen functional groups attached to an aromatic ring is 1. The van der Waals surface area contributed by atoms with Gasteiger partial charge in [0.05, 0.1) is 10.7 Å². The van der Waals surface area contributed by atoms with Gasteiger partial charge in [-0.05, 0) is 24.3 Å². The van der Waals surface area contributed by atoms with Crippen LogP contribution < -0.4 is 15.4 Å². The van der Waals surface area contributed by atoms with E-state index >= 15 is 0 Å². The molecule has 0 aromatic heterocycles. The normalized spacial score (nSPS) is 10.2. The predicted octanol–water partition coefficient (Wildman–Crippen LogP) is 3.78. The standard InChI is InChI=1S/C14H15ClN2O/c1-17(2)10-5-3-6-11(9-10)18-13-8-4-7-12(15)14(13)16/h3-9H,16H2,1-2H3. The topological polar surface area (TPSA) is 38.5 Å². The van der Waals surface area contributed by atoms with Crippen LogP contribution in [0.5, 0.6) is 11.5 Å². The van der Waals surface area contributed by atoms with Crippen LogP contribution in [-0.2, 0) is 0 Å². The first-order chi connectivity index (χ1) is 8.58. The minimum Gasteiger partial charge on any atom is -0.455 e. The van der Waals surface area contributed by atoms with Gasteiger partial charge >= 0.3 is 0 Å². The fourth-order valence-electron chi connectivity index (χ4n) is 1.56. The number of benzene rings is 2. The number of nitrogens with two attached hydrogens (primary N) is 1. The smallest absolute Gasteiger partial charge is 0.151 e. The quantitative estimate of drug-likeness (QED) is 0.856. The molecule has 0 aliphatic carbocycles. The molecule has 18 heavy (non-hydrogen) atoms. The van der Waals surface area contributed by atoms with E-state index in [1.807, 2.05) is 49.3 Å². The van der Waals surface area contributed by atoms with Crippen molar-refractivity contribution in [1.82, 2.24) is 0 Å². The van der Waals surface area contributed by atoms with Crippen molar-refractivity contribution in [2.24, 2.45) is 0 Å². The third kappa shape index (κ3) is 2.68. The Morgan fingerprint density at radius 3 is 2.56 bits per heavy atom. The summed E-state index contributed by atoms with van der Waals surface area (Å²) in [7, 11) is 3.96. The molecule has 0 saturated carbocycles. The van der Waals surface area contributed by atoms with E-state index < -0.39 is 0 Å². The summed E-state index contributed by atoms with van der Waals surface area (Å²) >= 11 is 5.95. The molecule has 0 unspecified atom stereocenters. The Morgan fingerprint density at radius 1 is 1.11 bits per heavy atom. The van der Waals surface area contributed by atoms with E-state index in [4.69, 9.17) is 22.1 Å². The SMILES string of the molecule is CN(C)c1cccc(Oc2cccc(Cl)c2N)c1. The van der Waals surface area contributed by atoms with Gasteiger partial charge in [0.2, 0.25) is 0 Å². The molecule has 0 aliphatic rings. The Labute approximate surface area is 112 Å². The zero-order chi connectivity index (χ0) is 13.1. The van der Waals surface area contributed by atoms with Crippen LogP contribution in [0, 0.1) is 0 Å². The first kappa shape index (κ1) is 12.6. The Bertz CT molecular complexity index is 555. The van der Waals surface area contributed by atoms with Crippen molar-refractivity contribution in [2.75, 3.05) is 24.7 Å². The van der Waals surface area contributed by atoms with Crippen LogP contribution in [0.15, 0.2) is 42.5 Å². The number of ether oxygens (including phenoxy) is 1. The second kappa shape index (κ2) is 5.19. The van der Waals surface area contributed by atoms with E-state index in [0.29, 0.717) is 16.5 Å². The Balaban J connectivity index is 2.28. The van der Waals surface area contributed by atoms with Crippen molar-refractivity contribution in [1.29, 1.82) is 0 Å². The highest BCUT2D eigenvalue weighted by atomic mass is 35.5. The first-order valence-electron chi connectivity index (χ1n) is 5.57. The van der Waals surface area contributed by atoms with Gasteiger partial charge in [-0.15, -0.1) is 0 Å². The van der Waals surface area contributed by atoms with Gasteiger partial charge in [0.15, 0.2) is 5.75 Å². The van der Waals surface area contributed by atoms with Crippen LogP contribution in [-0.4, -0.2) is 14.1 Å². The molecule has 0 radical (unpaired) electrons. The molecule has 2 N–H and O–H groups in total. The maximum absolute atomic E-state index is 5.95. The molecule has 4 heteroatoms. The third-order valence-corrected chi connectivity index (χ3v) is 2.90. The van der Waals surface area contributed by atoms with Crippen LogP contribution in [0.25, 0.3) is 0 Å². The van der Waals surface area contributed by atoms with Gasteiger partial charge in [0.1, 0.15) is 5.75 Å². The van der Waals surface area contributed by atoms with Crippen molar-refractivity contribution in [3.63, 3.8) is 0 Å². The molecule has 2 aromatic rings. The Kier molecular flexibility index (Phi) is 3.63. The number of para-hydroxylation sites is 1. The number of hydrogen-bond acceptors (Lipinski definition) is 3. The Hall–Kier alpha value is -1.87. The number of halogens is 1. The summed E-state index contributed by atoms with van der Waals surface area (Å²) < 4.78 is 5.74. The van der Waals surface area contributed by atoms with Gasteiger partial charge in [0, 0.05) is 25.8 Å². The zero-order valence-corrected chi connectivity index (χ0v) is 11.1. The second-order valence-electron chi connectivity index (χ2n) is 4.15. The predicted molar refractivity (Wildman–Crippen MR) is 76.7 cm³/mol. The van der Waals surface area contributed by atoms with Crippen LogP contribution in [0.2, 0.25) is 5.02 Å². The van der Waals surface area contributed by atoms with E-state index in [0.717, 1.165) is 11.4 Å².